The normalized spacial score (nSPS) is 11.6. The van der Waals surface area contributed by atoms with Gasteiger partial charge in [-0.15, -0.1) is 0 Å². The Balaban J connectivity index is 2.13. The van der Waals surface area contributed by atoms with Gasteiger partial charge in [-0.05, 0) is 30.7 Å². The zero-order valence-corrected chi connectivity index (χ0v) is 13.6. The Hall–Kier alpha value is -1.55. The van der Waals surface area contributed by atoms with Crippen LogP contribution in [0.3, 0.4) is 0 Å². The van der Waals surface area contributed by atoms with Crippen molar-refractivity contribution < 1.29 is 15.1 Å². The number of aliphatic hydroxyl groups is 1. The number of aliphatic hydroxyl groups excluding tert-OH is 1. The van der Waals surface area contributed by atoms with E-state index >= 15 is 0 Å². The second-order valence-corrected chi connectivity index (χ2v) is 5.55. The Kier molecular flexibility index (Phi) is 10.1. The molecule has 1 rings (SSSR count). The standard InChI is InChI=1S/C18H29NO3/c1-2-3-4-5-6-7-8-9-14-22-17-12-10-16(11-13-17)18(15-20)19-21/h10-13,20-21H,2-9,14-15H2,1H3. The smallest absolute Gasteiger partial charge is 0.119 e. The summed E-state index contributed by atoms with van der Waals surface area (Å²) < 4.78 is 5.69. The summed E-state index contributed by atoms with van der Waals surface area (Å²) in [5.41, 5.74) is 0.957. The molecule has 0 atom stereocenters. The number of nitrogens with zero attached hydrogens (tertiary/aromatic N) is 1. The first-order chi connectivity index (χ1) is 10.8. The quantitative estimate of drug-likeness (QED) is 0.261. The molecule has 124 valence electrons. The zero-order chi connectivity index (χ0) is 16.0. The van der Waals surface area contributed by atoms with Gasteiger partial charge in [-0.2, -0.15) is 0 Å². The highest BCUT2D eigenvalue weighted by molar-refractivity contribution is 6.01. The summed E-state index contributed by atoms with van der Waals surface area (Å²) in [7, 11) is 0. The van der Waals surface area contributed by atoms with Crippen LogP contribution in [0.2, 0.25) is 0 Å². The summed E-state index contributed by atoms with van der Waals surface area (Å²) >= 11 is 0. The van der Waals surface area contributed by atoms with Crippen molar-refractivity contribution in [2.45, 2.75) is 58.3 Å². The first-order valence-electron chi connectivity index (χ1n) is 8.36. The molecule has 0 heterocycles. The molecule has 0 unspecified atom stereocenters. The SMILES string of the molecule is CCCCCCCCCCOc1ccc(C(CO)=NO)cc1. The minimum absolute atomic E-state index is 0.259. The molecular weight excluding hydrogens is 278 g/mol. The molecule has 2 N–H and O–H groups in total. The van der Waals surface area contributed by atoms with Gasteiger partial charge >= 0.3 is 0 Å². The largest absolute Gasteiger partial charge is 0.494 e. The van der Waals surface area contributed by atoms with Gasteiger partial charge in [0.25, 0.3) is 0 Å². The summed E-state index contributed by atoms with van der Waals surface area (Å²) in [5, 5.41) is 20.8. The molecule has 22 heavy (non-hydrogen) atoms. The van der Waals surface area contributed by atoms with Crippen molar-refractivity contribution >= 4 is 5.71 Å². The summed E-state index contributed by atoms with van der Waals surface area (Å²) in [4.78, 5) is 0. The lowest BCUT2D eigenvalue weighted by molar-refractivity contribution is 0.302. The van der Waals surface area contributed by atoms with Gasteiger partial charge in [-0.3, -0.25) is 0 Å². The van der Waals surface area contributed by atoms with E-state index in [1.165, 1.54) is 44.9 Å². The van der Waals surface area contributed by atoms with Gasteiger partial charge in [0.1, 0.15) is 11.5 Å². The minimum Gasteiger partial charge on any atom is -0.494 e. The molecule has 0 saturated heterocycles. The first-order valence-corrected chi connectivity index (χ1v) is 8.36. The van der Waals surface area contributed by atoms with Crippen molar-refractivity contribution in [3.63, 3.8) is 0 Å². The molecule has 0 bridgehead atoms. The van der Waals surface area contributed by atoms with Crippen LogP contribution < -0.4 is 4.74 Å². The highest BCUT2D eigenvalue weighted by Gasteiger charge is 2.03. The fourth-order valence-corrected chi connectivity index (χ4v) is 2.35. The van der Waals surface area contributed by atoms with Gasteiger partial charge in [0.15, 0.2) is 0 Å². The van der Waals surface area contributed by atoms with Gasteiger partial charge < -0.3 is 15.1 Å². The molecule has 0 saturated carbocycles. The molecule has 0 radical (unpaired) electrons. The third-order valence-electron chi connectivity index (χ3n) is 3.72. The lowest BCUT2D eigenvalue weighted by Gasteiger charge is -2.07. The molecule has 0 aliphatic rings. The second-order valence-electron chi connectivity index (χ2n) is 5.55. The Bertz CT molecular complexity index is 415. The van der Waals surface area contributed by atoms with Gasteiger partial charge in [0.2, 0.25) is 0 Å². The van der Waals surface area contributed by atoms with E-state index in [-0.39, 0.29) is 12.3 Å². The molecule has 0 fully saturated rings. The molecule has 4 nitrogen and oxygen atoms in total. The van der Waals surface area contributed by atoms with E-state index in [4.69, 9.17) is 15.1 Å². The fourth-order valence-electron chi connectivity index (χ4n) is 2.35. The average molecular weight is 307 g/mol. The molecule has 1 aromatic rings. The Morgan fingerprint density at radius 2 is 1.55 bits per heavy atom. The van der Waals surface area contributed by atoms with Crippen LogP contribution in [0.1, 0.15) is 63.9 Å². The summed E-state index contributed by atoms with van der Waals surface area (Å²) in [6.07, 6.45) is 10.3. The number of hydrogen-bond acceptors (Lipinski definition) is 4. The van der Waals surface area contributed by atoms with Crippen LogP contribution in [0.25, 0.3) is 0 Å². The van der Waals surface area contributed by atoms with Crippen LogP contribution in [-0.4, -0.2) is 29.2 Å². The molecular formula is C18H29NO3. The molecule has 0 aromatic heterocycles. The van der Waals surface area contributed by atoms with Crippen LogP contribution in [0.4, 0.5) is 0 Å². The van der Waals surface area contributed by atoms with Crippen LogP contribution in [0, 0.1) is 0 Å². The number of unbranched alkanes of at least 4 members (excludes halogenated alkanes) is 7. The number of benzene rings is 1. The predicted molar refractivity (Wildman–Crippen MR) is 90.0 cm³/mol. The van der Waals surface area contributed by atoms with E-state index in [0.29, 0.717) is 5.56 Å². The average Bonchev–Trinajstić information content (AvgIpc) is 2.56. The number of rotatable bonds is 12. The van der Waals surface area contributed by atoms with Crippen molar-refractivity contribution in [2.24, 2.45) is 5.16 Å². The monoisotopic (exact) mass is 307 g/mol. The predicted octanol–water partition coefficient (Wildman–Crippen LogP) is 4.38. The Morgan fingerprint density at radius 1 is 0.955 bits per heavy atom. The summed E-state index contributed by atoms with van der Waals surface area (Å²) in [6.45, 7) is 2.69. The molecule has 0 spiro atoms. The number of hydrogen-bond donors (Lipinski definition) is 2. The van der Waals surface area contributed by atoms with E-state index in [1.807, 2.05) is 12.1 Å². The van der Waals surface area contributed by atoms with Crippen molar-refractivity contribution in [3.8, 4) is 5.75 Å². The second kappa shape index (κ2) is 12.0. The lowest BCUT2D eigenvalue weighted by Crippen LogP contribution is -2.06. The van der Waals surface area contributed by atoms with Crippen LogP contribution in [0.5, 0.6) is 5.75 Å². The topological polar surface area (TPSA) is 62.0 Å². The molecule has 4 heteroatoms. The van der Waals surface area contributed by atoms with Crippen molar-refractivity contribution in [3.05, 3.63) is 29.8 Å². The van der Waals surface area contributed by atoms with E-state index in [0.717, 1.165) is 18.8 Å². The van der Waals surface area contributed by atoms with Crippen LogP contribution in [0.15, 0.2) is 29.4 Å². The van der Waals surface area contributed by atoms with Crippen molar-refractivity contribution in [1.82, 2.24) is 0 Å². The highest BCUT2D eigenvalue weighted by Crippen LogP contribution is 2.14. The summed E-state index contributed by atoms with van der Waals surface area (Å²) in [6, 6.07) is 7.24. The van der Waals surface area contributed by atoms with Crippen molar-refractivity contribution in [1.29, 1.82) is 0 Å². The van der Waals surface area contributed by atoms with E-state index in [1.54, 1.807) is 12.1 Å². The van der Waals surface area contributed by atoms with Crippen LogP contribution in [-0.2, 0) is 0 Å². The lowest BCUT2D eigenvalue weighted by atomic mass is 10.1. The molecule has 0 aliphatic heterocycles. The van der Waals surface area contributed by atoms with Gasteiger partial charge in [-0.1, -0.05) is 57.0 Å². The highest BCUT2D eigenvalue weighted by atomic mass is 16.5. The van der Waals surface area contributed by atoms with E-state index in [9.17, 15) is 0 Å². The Labute approximate surface area is 133 Å². The first kappa shape index (κ1) is 18.5. The summed E-state index contributed by atoms with van der Waals surface area (Å²) in [5.74, 6) is 0.807. The number of oxime groups is 1. The van der Waals surface area contributed by atoms with Gasteiger partial charge in [0.05, 0.1) is 13.2 Å². The van der Waals surface area contributed by atoms with Gasteiger partial charge in [-0.25, -0.2) is 0 Å². The molecule has 0 aliphatic carbocycles. The fraction of sp³-hybridized carbons (Fsp3) is 0.611. The third-order valence-corrected chi connectivity index (χ3v) is 3.72. The maximum Gasteiger partial charge on any atom is 0.119 e. The van der Waals surface area contributed by atoms with Gasteiger partial charge in [0, 0.05) is 5.56 Å². The minimum atomic E-state index is -0.283. The Morgan fingerprint density at radius 3 is 2.09 bits per heavy atom. The number of ether oxygens (including phenoxy) is 1. The zero-order valence-electron chi connectivity index (χ0n) is 13.6. The maximum atomic E-state index is 9.02. The molecule has 0 amide bonds. The third kappa shape index (κ3) is 7.46. The van der Waals surface area contributed by atoms with Crippen molar-refractivity contribution in [2.75, 3.05) is 13.2 Å². The molecule has 1 aromatic carbocycles. The van der Waals surface area contributed by atoms with E-state index < -0.39 is 0 Å². The van der Waals surface area contributed by atoms with E-state index in [2.05, 4.69) is 12.1 Å². The van der Waals surface area contributed by atoms with Crippen LogP contribution >= 0.6 is 0 Å². The maximum absolute atomic E-state index is 9.02.